The summed E-state index contributed by atoms with van der Waals surface area (Å²) in [6, 6.07) is 13.3. The average Bonchev–Trinajstić information content (AvgIpc) is 3.38. The van der Waals surface area contributed by atoms with E-state index in [0.29, 0.717) is 37.2 Å². The molecule has 1 saturated heterocycles. The summed E-state index contributed by atoms with van der Waals surface area (Å²) in [5.41, 5.74) is 1.86. The average molecular weight is 509 g/mol. The van der Waals surface area contributed by atoms with Crippen LogP contribution in [-0.2, 0) is 11.3 Å². The zero-order chi connectivity index (χ0) is 26.2. The first-order chi connectivity index (χ1) is 18.0. The van der Waals surface area contributed by atoms with Gasteiger partial charge in [-0.3, -0.25) is 9.69 Å². The van der Waals surface area contributed by atoms with E-state index in [1.807, 2.05) is 63.2 Å². The first kappa shape index (κ1) is 26.5. The lowest BCUT2D eigenvalue weighted by Gasteiger charge is -2.31. The van der Waals surface area contributed by atoms with E-state index in [1.165, 1.54) is 0 Å². The topological polar surface area (TPSA) is 99.0 Å². The van der Waals surface area contributed by atoms with Crippen molar-refractivity contribution in [2.75, 3.05) is 33.4 Å². The number of carbonyl (C=O) groups is 1. The molecule has 1 atom stereocenters. The molecule has 4 rings (SSSR count). The van der Waals surface area contributed by atoms with Gasteiger partial charge in [0.2, 0.25) is 17.6 Å². The van der Waals surface area contributed by atoms with Crippen molar-refractivity contribution in [1.29, 1.82) is 0 Å². The number of hydrogen-bond acceptors (Lipinski definition) is 8. The van der Waals surface area contributed by atoms with Gasteiger partial charge in [0.05, 0.1) is 32.9 Å². The molecule has 1 unspecified atom stereocenters. The van der Waals surface area contributed by atoms with E-state index in [1.54, 1.807) is 7.11 Å². The maximum absolute atomic E-state index is 13.0. The summed E-state index contributed by atoms with van der Waals surface area (Å²) in [6.07, 6.45) is 1.57. The molecule has 1 N–H and O–H groups in total. The van der Waals surface area contributed by atoms with Crippen LogP contribution in [0, 0.1) is 5.92 Å². The van der Waals surface area contributed by atoms with E-state index in [0.717, 1.165) is 48.6 Å². The lowest BCUT2D eigenvalue weighted by Crippen LogP contribution is -2.40. The summed E-state index contributed by atoms with van der Waals surface area (Å²) < 4.78 is 22.1. The monoisotopic (exact) mass is 508 g/mol. The lowest BCUT2D eigenvalue weighted by molar-refractivity contribution is -0.127. The van der Waals surface area contributed by atoms with Gasteiger partial charge in [-0.1, -0.05) is 11.2 Å². The second-order valence-electron chi connectivity index (χ2n) is 9.09. The third kappa shape index (κ3) is 6.80. The predicted octanol–water partition coefficient (Wildman–Crippen LogP) is 4.63. The molecule has 37 heavy (non-hydrogen) atoms. The molecule has 9 heteroatoms. The molecule has 2 aromatic carbocycles. The number of hydrogen-bond donors (Lipinski definition) is 1. The van der Waals surface area contributed by atoms with Crippen LogP contribution >= 0.6 is 0 Å². The third-order valence-electron chi connectivity index (χ3n) is 6.56. The third-order valence-corrected chi connectivity index (χ3v) is 6.56. The number of likely N-dealkylation sites (tertiary alicyclic amines) is 1. The van der Waals surface area contributed by atoms with Crippen LogP contribution in [-0.4, -0.2) is 54.4 Å². The minimum absolute atomic E-state index is 0.0229. The van der Waals surface area contributed by atoms with Crippen molar-refractivity contribution in [3.8, 4) is 28.6 Å². The first-order valence-electron chi connectivity index (χ1n) is 12.9. The quantitative estimate of drug-likeness (QED) is 0.400. The van der Waals surface area contributed by atoms with E-state index in [4.69, 9.17) is 18.7 Å². The highest BCUT2D eigenvalue weighted by Gasteiger charge is 2.27. The largest absolute Gasteiger partial charge is 0.497 e. The van der Waals surface area contributed by atoms with Crippen molar-refractivity contribution in [2.24, 2.45) is 5.92 Å². The number of piperidine rings is 1. The number of aromatic nitrogens is 2. The van der Waals surface area contributed by atoms with Crippen LogP contribution in [0.3, 0.4) is 0 Å². The highest BCUT2D eigenvalue weighted by molar-refractivity contribution is 5.79. The van der Waals surface area contributed by atoms with Crippen molar-refractivity contribution in [1.82, 2.24) is 20.4 Å². The van der Waals surface area contributed by atoms with Crippen LogP contribution in [0.2, 0.25) is 0 Å². The minimum Gasteiger partial charge on any atom is -0.497 e. The molecule has 0 saturated carbocycles. The Kier molecular flexibility index (Phi) is 9.00. The van der Waals surface area contributed by atoms with Crippen LogP contribution in [0.4, 0.5) is 0 Å². The number of nitrogens with one attached hydrogen (secondary N) is 1. The normalized spacial score (nSPS) is 15.2. The van der Waals surface area contributed by atoms with E-state index >= 15 is 0 Å². The highest BCUT2D eigenvalue weighted by atomic mass is 16.5. The maximum Gasteiger partial charge on any atom is 0.241 e. The van der Waals surface area contributed by atoms with Crippen LogP contribution in [0.5, 0.6) is 17.2 Å². The predicted molar refractivity (Wildman–Crippen MR) is 140 cm³/mol. The SMILES string of the molecule is CCOc1ccc(C(C)NC(=O)C2CCN(Cc3nc(-c4ccc(OC)cc4)no3)CC2)cc1OCC. The summed E-state index contributed by atoms with van der Waals surface area (Å²) in [6.45, 7) is 9.16. The number of amides is 1. The van der Waals surface area contributed by atoms with Gasteiger partial charge < -0.3 is 24.1 Å². The smallest absolute Gasteiger partial charge is 0.241 e. The summed E-state index contributed by atoms with van der Waals surface area (Å²) in [4.78, 5) is 19.8. The second kappa shape index (κ2) is 12.6. The number of carbonyl (C=O) groups excluding carboxylic acids is 1. The van der Waals surface area contributed by atoms with Crippen molar-refractivity contribution in [2.45, 2.75) is 46.2 Å². The standard InChI is InChI=1S/C28H36N4O5/c1-5-35-24-12-9-22(17-25(24)36-6-2)19(3)29-28(33)21-13-15-32(16-14-21)18-26-30-27(31-37-26)20-7-10-23(34-4)11-8-20/h7-12,17,19,21H,5-6,13-16,18H2,1-4H3,(H,29,33). The second-order valence-corrected chi connectivity index (χ2v) is 9.09. The van der Waals surface area contributed by atoms with Crippen molar-refractivity contribution in [3.63, 3.8) is 0 Å². The Labute approximate surface area is 218 Å². The summed E-state index contributed by atoms with van der Waals surface area (Å²) in [5.74, 6) is 3.39. The van der Waals surface area contributed by atoms with Gasteiger partial charge in [-0.25, -0.2) is 0 Å². The van der Waals surface area contributed by atoms with Gasteiger partial charge in [0.15, 0.2) is 11.5 Å². The van der Waals surface area contributed by atoms with E-state index < -0.39 is 0 Å². The van der Waals surface area contributed by atoms with E-state index in [-0.39, 0.29) is 17.9 Å². The molecule has 2 heterocycles. The molecule has 0 spiro atoms. The van der Waals surface area contributed by atoms with Gasteiger partial charge in [0, 0.05) is 11.5 Å². The molecule has 1 aliphatic rings. The highest BCUT2D eigenvalue weighted by Crippen LogP contribution is 2.31. The molecule has 0 radical (unpaired) electrons. The van der Waals surface area contributed by atoms with Crippen LogP contribution < -0.4 is 19.5 Å². The fourth-order valence-electron chi connectivity index (χ4n) is 4.47. The van der Waals surface area contributed by atoms with Crippen LogP contribution in [0.15, 0.2) is 47.0 Å². The van der Waals surface area contributed by atoms with Gasteiger partial charge in [-0.2, -0.15) is 4.98 Å². The van der Waals surface area contributed by atoms with Crippen LogP contribution in [0.1, 0.15) is 51.1 Å². The Hall–Kier alpha value is -3.59. The Morgan fingerprint density at radius 3 is 2.46 bits per heavy atom. The number of nitrogens with zero attached hydrogens (tertiary/aromatic N) is 3. The zero-order valence-corrected chi connectivity index (χ0v) is 22.0. The molecule has 1 amide bonds. The fraction of sp³-hybridized carbons (Fsp3) is 0.464. The molecule has 0 bridgehead atoms. The Bertz CT molecular complexity index is 1160. The van der Waals surface area contributed by atoms with Gasteiger partial charge >= 0.3 is 0 Å². The minimum atomic E-state index is -0.129. The molecule has 0 aliphatic carbocycles. The molecule has 1 aliphatic heterocycles. The zero-order valence-electron chi connectivity index (χ0n) is 22.0. The molecule has 1 fully saturated rings. The number of methoxy groups -OCH3 is 1. The number of benzene rings is 2. The first-order valence-corrected chi connectivity index (χ1v) is 12.9. The van der Waals surface area contributed by atoms with Gasteiger partial charge in [-0.15, -0.1) is 0 Å². The molecule has 9 nitrogen and oxygen atoms in total. The lowest BCUT2D eigenvalue weighted by atomic mass is 9.95. The Balaban J connectivity index is 1.27. The summed E-state index contributed by atoms with van der Waals surface area (Å²) in [5, 5.41) is 7.29. The van der Waals surface area contributed by atoms with E-state index in [2.05, 4.69) is 20.4 Å². The van der Waals surface area contributed by atoms with Gasteiger partial charge in [-0.05, 0) is 88.7 Å². The molecular weight excluding hydrogens is 472 g/mol. The number of ether oxygens (including phenoxy) is 3. The molecular formula is C28H36N4O5. The van der Waals surface area contributed by atoms with Crippen molar-refractivity contribution < 1.29 is 23.5 Å². The summed E-state index contributed by atoms with van der Waals surface area (Å²) >= 11 is 0. The molecule has 1 aromatic heterocycles. The molecule has 3 aromatic rings. The molecule has 198 valence electrons. The maximum atomic E-state index is 13.0. The van der Waals surface area contributed by atoms with Crippen molar-refractivity contribution in [3.05, 3.63) is 53.9 Å². The van der Waals surface area contributed by atoms with Gasteiger partial charge in [0.1, 0.15) is 5.75 Å². The Morgan fingerprint density at radius 2 is 1.78 bits per heavy atom. The van der Waals surface area contributed by atoms with Crippen LogP contribution in [0.25, 0.3) is 11.4 Å². The fourth-order valence-corrected chi connectivity index (χ4v) is 4.47. The number of rotatable bonds is 11. The van der Waals surface area contributed by atoms with Crippen molar-refractivity contribution >= 4 is 5.91 Å². The Morgan fingerprint density at radius 1 is 1.08 bits per heavy atom. The van der Waals surface area contributed by atoms with E-state index in [9.17, 15) is 4.79 Å². The summed E-state index contributed by atoms with van der Waals surface area (Å²) in [7, 11) is 1.63. The van der Waals surface area contributed by atoms with Gasteiger partial charge in [0.25, 0.3) is 0 Å².